The summed E-state index contributed by atoms with van der Waals surface area (Å²) < 4.78 is 12.9. The Morgan fingerprint density at radius 1 is 1.20 bits per heavy atom. The van der Waals surface area contributed by atoms with E-state index in [9.17, 15) is 19.4 Å². The summed E-state index contributed by atoms with van der Waals surface area (Å²) in [6, 6.07) is 10.5. The minimum absolute atomic E-state index is 0.121. The highest BCUT2D eigenvalue weighted by Gasteiger charge is 2.15. The standard InChI is InChI=1S/C19H22FNO4/c1-12(2-3-13-4-7-15(20)8-5-13)21-11-18(23)14-6-9-17(22)16(10-14)19(24)25/h4-10,12,18,21-23H,2-3,11H2,1H3,(H,24,25). The van der Waals surface area contributed by atoms with Gasteiger partial charge in [-0.25, -0.2) is 9.18 Å². The molecule has 0 amide bonds. The van der Waals surface area contributed by atoms with Crippen LogP contribution in [0.5, 0.6) is 5.75 Å². The first-order chi connectivity index (χ1) is 11.9. The Labute approximate surface area is 145 Å². The van der Waals surface area contributed by atoms with Crippen molar-refractivity contribution in [1.82, 2.24) is 5.32 Å². The van der Waals surface area contributed by atoms with Crippen molar-refractivity contribution >= 4 is 5.97 Å². The number of hydrogen-bond acceptors (Lipinski definition) is 4. The topological polar surface area (TPSA) is 89.8 Å². The van der Waals surface area contributed by atoms with Crippen molar-refractivity contribution in [3.05, 3.63) is 65.0 Å². The Balaban J connectivity index is 1.84. The van der Waals surface area contributed by atoms with Crippen molar-refractivity contribution in [2.75, 3.05) is 6.54 Å². The first-order valence-corrected chi connectivity index (χ1v) is 8.09. The van der Waals surface area contributed by atoms with E-state index in [1.165, 1.54) is 30.3 Å². The summed E-state index contributed by atoms with van der Waals surface area (Å²) in [5, 5.41) is 31.9. The molecule has 25 heavy (non-hydrogen) atoms. The molecule has 2 aromatic carbocycles. The van der Waals surface area contributed by atoms with Crippen molar-refractivity contribution in [2.24, 2.45) is 0 Å². The zero-order valence-electron chi connectivity index (χ0n) is 13.9. The van der Waals surface area contributed by atoms with Crippen LogP contribution < -0.4 is 5.32 Å². The highest BCUT2D eigenvalue weighted by Crippen LogP contribution is 2.22. The Morgan fingerprint density at radius 3 is 2.52 bits per heavy atom. The smallest absolute Gasteiger partial charge is 0.339 e. The summed E-state index contributed by atoms with van der Waals surface area (Å²) in [7, 11) is 0. The van der Waals surface area contributed by atoms with Crippen LogP contribution in [0.3, 0.4) is 0 Å². The second-order valence-electron chi connectivity index (χ2n) is 6.07. The first kappa shape index (κ1) is 18.9. The number of carbonyl (C=O) groups is 1. The van der Waals surface area contributed by atoms with E-state index >= 15 is 0 Å². The van der Waals surface area contributed by atoms with E-state index in [-0.39, 0.29) is 29.7 Å². The lowest BCUT2D eigenvalue weighted by molar-refractivity contribution is 0.0693. The predicted octanol–water partition coefficient (Wildman–Crippen LogP) is 2.87. The Bertz CT molecular complexity index is 718. The molecule has 134 valence electrons. The lowest BCUT2D eigenvalue weighted by atomic mass is 10.0. The maximum absolute atomic E-state index is 12.9. The maximum atomic E-state index is 12.9. The minimum Gasteiger partial charge on any atom is -0.507 e. The van der Waals surface area contributed by atoms with Crippen LogP contribution in [0, 0.1) is 5.82 Å². The fraction of sp³-hybridized carbons (Fsp3) is 0.316. The molecule has 4 N–H and O–H groups in total. The molecule has 0 aliphatic heterocycles. The van der Waals surface area contributed by atoms with Crippen molar-refractivity contribution in [3.63, 3.8) is 0 Å². The molecule has 5 nitrogen and oxygen atoms in total. The number of carboxylic acid groups (broad SMARTS) is 1. The normalized spacial score (nSPS) is 13.4. The Kier molecular flexibility index (Phi) is 6.50. The third kappa shape index (κ3) is 5.55. The zero-order chi connectivity index (χ0) is 18.4. The number of hydrogen-bond donors (Lipinski definition) is 4. The number of aliphatic hydroxyl groups excluding tert-OH is 1. The van der Waals surface area contributed by atoms with Crippen LogP contribution in [-0.4, -0.2) is 33.9 Å². The zero-order valence-corrected chi connectivity index (χ0v) is 13.9. The lowest BCUT2D eigenvalue weighted by Gasteiger charge is -2.18. The van der Waals surface area contributed by atoms with Crippen LogP contribution in [0.2, 0.25) is 0 Å². The van der Waals surface area contributed by atoms with Crippen molar-refractivity contribution < 1.29 is 24.5 Å². The number of aliphatic hydroxyl groups is 1. The third-order valence-electron chi connectivity index (χ3n) is 4.07. The summed E-state index contributed by atoms with van der Waals surface area (Å²) in [5.41, 5.74) is 1.23. The van der Waals surface area contributed by atoms with Crippen LogP contribution in [0.25, 0.3) is 0 Å². The van der Waals surface area contributed by atoms with Gasteiger partial charge in [-0.2, -0.15) is 0 Å². The van der Waals surface area contributed by atoms with Crippen molar-refractivity contribution in [2.45, 2.75) is 31.9 Å². The number of aromatic hydroxyl groups is 1. The molecule has 0 bridgehead atoms. The van der Waals surface area contributed by atoms with Crippen LogP contribution in [-0.2, 0) is 6.42 Å². The SMILES string of the molecule is CC(CCc1ccc(F)cc1)NCC(O)c1ccc(O)c(C(=O)O)c1. The molecule has 0 radical (unpaired) electrons. The fourth-order valence-corrected chi connectivity index (χ4v) is 2.50. The molecule has 0 aromatic heterocycles. The van der Waals surface area contributed by atoms with Gasteiger partial charge < -0.3 is 20.6 Å². The Hall–Kier alpha value is -2.44. The summed E-state index contributed by atoms with van der Waals surface area (Å²) in [5.74, 6) is -1.83. The molecule has 6 heteroatoms. The molecule has 0 heterocycles. The molecule has 2 unspecified atom stereocenters. The van der Waals surface area contributed by atoms with Crippen LogP contribution >= 0.6 is 0 Å². The Morgan fingerprint density at radius 2 is 1.88 bits per heavy atom. The molecule has 2 atom stereocenters. The van der Waals surface area contributed by atoms with Gasteiger partial charge in [0.2, 0.25) is 0 Å². The average molecular weight is 347 g/mol. The molecule has 0 saturated carbocycles. The minimum atomic E-state index is -1.24. The van der Waals surface area contributed by atoms with E-state index in [2.05, 4.69) is 5.32 Å². The molecule has 0 aliphatic carbocycles. The van der Waals surface area contributed by atoms with Crippen molar-refractivity contribution in [3.8, 4) is 5.75 Å². The molecular formula is C19H22FNO4. The van der Waals surface area contributed by atoms with Gasteiger partial charge in [-0.1, -0.05) is 18.2 Å². The van der Waals surface area contributed by atoms with Gasteiger partial charge in [-0.15, -0.1) is 0 Å². The van der Waals surface area contributed by atoms with E-state index in [0.29, 0.717) is 5.56 Å². The molecule has 0 fully saturated rings. The summed E-state index contributed by atoms with van der Waals surface area (Å²) >= 11 is 0. The van der Waals surface area contributed by atoms with Gasteiger partial charge in [-0.05, 0) is 55.2 Å². The van der Waals surface area contributed by atoms with Gasteiger partial charge in [0, 0.05) is 12.6 Å². The summed E-state index contributed by atoms with van der Waals surface area (Å²) in [6.07, 6.45) is 0.716. The highest BCUT2D eigenvalue weighted by atomic mass is 19.1. The largest absolute Gasteiger partial charge is 0.507 e. The second kappa shape index (κ2) is 8.60. The summed E-state index contributed by atoms with van der Waals surface area (Å²) in [4.78, 5) is 11.0. The van der Waals surface area contributed by atoms with Gasteiger partial charge in [0.15, 0.2) is 0 Å². The number of rotatable bonds is 8. The molecule has 0 aliphatic rings. The molecule has 0 saturated heterocycles. The average Bonchev–Trinajstić information content (AvgIpc) is 2.59. The van der Waals surface area contributed by atoms with E-state index < -0.39 is 12.1 Å². The molecule has 2 aromatic rings. The van der Waals surface area contributed by atoms with Gasteiger partial charge in [0.1, 0.15) is 17.1 Å². The number of aryl methyl sites for hydroxylation is 1. The monoisotopic (exact) mass is 347 g/mol. The van der Waals surface area contributed by atoms with Crippen LogP contribution in [0.1, 0.15) is 40.9 Å². The maximum Gasteiger partial charge on any atom is 0.339 e. The molecular weight excluding hydrogens is 325 g/mol. The van der Waals surface area contributed by atoms with Gasteiger partial charge >= 0.3 is 5.97 Å². The summed E-state index contributed by atoms with van der Waals surface area (Å²) in [6.45, 7) is 2.24. The fourth-order valence-electron chi connectivity index (χ4n) is 2.50. The van der Waals surface area contributed by atoms with Gasteiger partial charge in [0.05, 0.1) is 6.10 Å². The number of aromatic carboxylic acids is 1. The highest BCUT2D eigenvalue weighted by molar-refractivity contribution is 5.90. The van der Waals surface area contributed by atoms with Gasteiger partial charge in [0.25, 0.3) is 0 Å². The van der Waals surface area contributed by atoms with E-state index in [4.69, 9.17) is 5.11 Å². The molecule has 0 spiro atoms. The predicted molar refractivity (Wildman–Crippen MR) is 92.2 cm³/mol. The first-order valence-electron chi connectivity index (χ1n) is 8.09. The van der Waals surface area contributed by atoms with Crippen LogP contribution in [0.15, 0.2) is 42.5 Å². The molecule has 2 rings (SSSR count). The lowest BCUT2D eigenvalue weighted by Crippen LogP contribution is -2.30. The number of halogens is 1. The number of nitrogens with one attached hydrogen (secondary N) is 1. The van der Waals surface area contributed by atoms with Crippen molar-refractivity contribution in [1.29, 1.82) is 0 Å². The number of benzene rings is 2. The van der Waals surface area contributed by atoms with Crippen LogP contribution in [0.4, 0.5) is 4.39 Å². The quantitative estimate of drug-likeness (QED) is 0.590. The second-order valence-corrected chi connectivity index (χ2v) is 6.07. The van der Waals surface area contributed by atoms with E-state index in [1.54, 1.807) is 12.1 Å². The van der Waals surface area contributed by atoms with Gasteiger partial charge in [-0.3, -0.25) is 0 Å². The number of carboxylic acids is 1. The number of phenols is 1. The van der Waals surface area contributed by atoms with E-state index in [0.717, 1.165) is 18.4 Å². The van der Waals surface area contributed by atoms with E-state index in [1.807, 2.05) is 6.92 Å². The third-order valence-corrected chi connectivity index (χ3v) is 4.07.